The molecule has 0 amide bonds. The van der Waals surface area contributed by atoms with Crippen molar-refractivity contribution in [3.8, 4) is 0 Å². The van der Waals surface area contributed by atoms with Crippen LogP contribution in [0, 0.1) is 130 Å². The molecule has 0 heterocycles. The van der Waals surface area contributed by atoms with Gasteiger partial charge in [0.2, 0.25) is 0 Å². The van der Waals surface area contributed by atoms with E-state index in [0.29, 0.717) is 85.1 Å². The molecule has 13 fully saturated rings. The molecular formula is C117H168O8. The van der Waals surface area contributed by atoms with E-state index in [2.05, 4.69) is 258 Å². The van der Waals surface area contributed by atoms with E-state index in [1.807, 2.05) is 0 Å². The molecule has 13 saturated carbocycles. The Labute approximate surface area is 758 Å². The zero-order valence-corrected chi connectivity index (χ0v) is 81.0. The van der Waals surface area contributed by atoms with Gasteiger partial charge < -0.3 is 37.9 Å². The maximum absolute atomic E-state index is 6.31. The van der Waals surface area contributed by atoms with Gasteiger partial charge in [0, 0.05) is 19.3 Å². The third-order valence-electron chi connectivity index (χ3n) is 36.2. The van der Waals surface area contributed by atoms with E-state index in [9.17, 15) is 0 Å². The van der Waals surface area contributed by atoms with Crippen LogP contribution >= 0.6 is 0 Å². The van der Waals surface area contributed by atoms with Crippen LogP contribution in [-0.4, -0.2) is 79.4 Å². The predicted octanol–water partition coefficient (Wildman–Crippen LogP) is 29.8. The monoisotopic (exact) mass is 1700 g/mol. The van der Waals surface area contributed by atoms with E-state index in [0.717, 1.165) is 150 Å². The fourth-order valence-corrected chi connectivity index (χ4v) is 29.8. The summed E-state index contributed by atoms with van der Waals surface area (Å²) in [5.74, 6) is 21.0. The third-order valence-corrected chi connectivity index (χ3v) is 36.2. The number of hydrogen-bond donors (Lipinski definition) is 0. The van der Waals surface area contributed by atoms with Crippen LogP contribution in [0.5, 0.6) is 0 Å². The molecule has 684 valence electrons. The Kier molecular flexibility index (Phi) is 30.0. The van der Waals surface area contributed by atoms with Crippen molar-refractivity contribution in [2.24, 2.45) is 130 Å². The lowest BCUT2D eigenvalue weighted by Gasteiger charge is -2.34. The largest absolute Gasteiger partial charge is 0.375 e. The molecule has 0 radical (unpaired) electrons. The first kappa shape index (κ1) is 92.1. The van der Waals surface area contributed by atoms with Crippen molar-refractivity contribution in [2.75, 3.05) is 0 Å². The van der Waals surface area contributed by atoms with Crippen molar-refractivity contribution in [3.05, 3.63) is 167 Å². The number of ether oxygens (including phenoxy) is 8. The van der Waals surface area contributed by atoms with Gasteiger partial charge in [0.05, 0.1) is 97.7 Å². The van der Waals surface area contributed by atoms with Crippen LogP contribution in [0.3, 0.4) is 0 Å². The molecule has 8 nitrogen and oxygen atoms in total. The minimum atomic E-state index is 0.239. The van der Waals surface area contributed by atoms with E-state index in [1.54, 1.807) is 0 Å². The van der Waals surface area contributed by atoms with E-state index in [-0.39, 0.29) is 24.4 Å². The van der Waals surface area contributed by atoms with Gasteiger partial charge in [-0.3, -0.25) is 0 Å². The molecule has 0 aliphatic heterocycles. The number of fused-ring (bicyclic) bond motifs is 25. The molecule has 8 heteroatoms. The van der Waals surface area contributed by atoms with Crippen LogP contribution in [0.25, 0.3) is 32.3 Å². The number of benzene rings is 6. The van der Waals surface area contributed by atoms with Crippen LogP contribution in [0.2, 0.25) is 0 Å². The first-order valence-electron chi connectivity index (χ1n) is 52.6. The van der Waals surface area contributed by atoms with Gasteiger partial charge in [-0.2, -0.15) is 0 Å². The Morgan fingerprint density at radius 1 is 0.272 bits per heavy atom. The molecular weight excluding hydrogens is 1530 g/mol. The van der Waals surface area contributed by atoms with Gasteiger partial charge in [-0.1, -0.05) is 201 Å². The first-order valence-corrected chi connectivity index (χ1v) is 52.6. The second-order valence-electron chi connectivity index (χ2n) is 45.2. The first-order chi connectivity index (χ1) is 60.5. The quantitative estimate of drug-likeness (QED) is 0.0660. The van der Waals surface area contributed by atoms with Crippen molar-refractivity contribution in [3.63, 3.8) is 0 Å². The van der Waals surface area contributed by atoms with Gasteiger partial charge >= 0.3 is 0 Å². The van der Waals surface area contributed by atoms with E-state index >= 15 is 0 Å². The van der Waals surface area contributed by atoms with E-state index < -0.39 is 0 Å². The van der Waals surface area contributed by atoms with Crippen molar-refractivity contribution >= 4 is 32.3 Å². The fourth-order valence-electron chi connectivity index (χ4n) is 29.8. The molecule has 33 unspecified atom stereocenters. The number of allylic oxidation sites excluding steroid dienone is 4. The maximum atomic E-state index is 6.31. The SMILES string of the molecule is CC(C)C(C)OC1CC2CC1C1CCCC21.CC(C)C(C)OC1Cc2cccc3cccc1c23.CC(C)OC1CC2CC1C1C=CCC21.CC(C)OC1CC2CC1C1CCCC21.CC(C)OC1Cc2cccc3cccc1c23.CCC(C)OC1CC2CC1C1C=CCC21.CCC(C)OC1CC2CC1C1CCCC21.CCC(C)OC1Cc2cccc3cccc1c23. The van der Waals surface area contributed by atoms with Crippen LogP contribution in [-0.2, 0) is 57.2 Å². The summed E-state index contributed by atoms with van der Waals surface area (Å²) in [5, 5.41) is 8.27. The predicted molar refractivity (Wildman–Crippen MR) is 517 cm³/mol. The van der Waals surface area contributed by atoms with Crippen molar-refractivity contribution < 1.29 is 37.9 Å². The standard InChI is InChI=1S/C17H20O.C16H18O.C15H26O.C15H16O.C14H24O.C14H22O.C13H22O.C13H20O/c1-11(2)12(3)18-16-10-14-8-4-6-13-7-5-9-15(16)17(13)14;1-3-11(2)17-15-10-13-8-4-6-12-7-5-9-14(15)16(12)13;1-9(2)10(3)16-15-8-11-7-14(15)13-6-4-5-12(11)13;1-10(2)16-14-9-12-7-3-5-11-6-4-8-13(14)15(11)12;2*1-3-9(2)15-14-8-10-7-13(14)12-6-4-5-11(10)12;2*1-8(2)14-13-7-9-6-12(13)11-5-3-4-10(9)11/h4-9,11-12,16H,10H2,1-3H3;4-9,11,15H,3,10H2,1-2H3;9-15H,4-8H2,1-3H3;3-8,10,14H,9H2,1-2H3;9-14H,3-8H2,1-2H3;4,6,9-14H,3,5,7-8H2,1-2H3;8-13H,3-7H2,1-2H3;3,5,8-13H,4,6-7H2,1-2H3. The summed E-state index contributed by atoms with van der Waals surface area (Å²) in [6, 6.07) is 39.3. The highest BCUT2D eigenvalue weighted by molar-refractivity contribution is 5.93. The topological polar surface area (TPSA) is 73.8 Å². The average Bonchev–Trinajstić information content (AvgIpc) is 1.61. The average molecular weight is 1700 g/mol. The van der Waals surface area contributed by atoms with Gasteiger partial charge in [0.1, 0.15) is 0 Å². The van der Waals surface area contributed by atoms with Crippen molar-refractivity contribution in [1.29, 1.82) is 0 Å². The lowest BCUT2D eigenvalue weighted by atomic mass is 9.80. The Bertz CT molecular complexity index is 4530. The number of rotatable bonds is 21. The molecule has 0 aromatic heterocycles. The fraction of sp³-hybridized carbons (Fsp3) is 0.709. The Balaban J connectivity index is 0.000000101. The van der Waals surface area contributed by atoms with Crippen molar-refractivity contribution in [1.82, 2.24) is 0 Å². The molecule has 0 N–H and O–H groups in total. The summed E-state index contributed by atoms with van der Waals surface area (Å²) < 4.78 is 49.1. The molecule has 0 saturated heterocycles. The zero-order valence-electron chi connectivity index (χ0n) is 81.0. The maximum Gasteiger partial charge on any atom is 0.0875 e. The van der Waals surface area contributed by atoms with Crippen LogP contribution in [0.4, 0.5) is 0 Å². The lowest BCUT2D eigenvalue weighted by molar-refractivity contribution is -0.0669. The summed E-state index contributed by atoms with van der Waals surface area (Å²) in [5.41, 5.74) is 8.41. The minimum Gasteiger partial charge on any atom is -0.375 e. The van der Waals surface area contributed by atoms with E-state index in [1.165, 1.54) is 207 Å². The highest BCUT2D eigenvalue weighted by Crippen LogP contribution is 2.64. The number of hydrogen-bond acceptors (Lipinski definition) is 8. The summed E-state index contributed by atoms with van der Waals surface area (Å²) in [7, 11) is 0. The Morgan fingerprint density at radius 2 is 0.560 bits per heavy atom. The molecule has 10 bridgehead atoms. The molecule has 33 atom stereocenters. The van der Waals surface area contributed by atoms with Gasteiger partial charge in [-0.25, -0.2) is 0 Å². The summed E-state index contributed by atoms with van der Waals surface area (Å²) in [6.45, 7) is 39.5. The molecule has 24 rings (SSSR count). The molecule has 125 heavy (non-hydrogen) atoms. The van der Waals surface area contributed by atoms with Gasteiger partial charge in [0.25, 0.3) is 0 Å². The lowest BCUT2D eigenvalue weighted by Crippen LogP contribution is -2.34. The Morgan fingerprint density at radius 3 is 0.920 bits per heavy atom. The van der Waals surface area contributed by atoms with E-state index in [4.69, 9.17) is 37.9 Å². The smallest absolute Gasteiger partial charge is 0.0875 e. The molecule has 6 aromatic rings. The zero-order chi connectivity index (χ0) is 87.2. The second kappa shape index (κ2) is 40.8. The molecule has 0 spiro atoms. The van der Waals surface area contributed by atoms with Crippen molar-refractivity contribution in [2.45, 2.75) is 396 Å². The molecule has 18 aliphatic rings. The molecule has 6 aromatic carbocycles. The minimum absolute atomic E-state index is 0.239. The Hall–Kier alpha value is -4.74. The summed E-state index contributed by atoms with van der Waals surface area (Å²) >= 11 is 0. The highest BCUT2D eigenvalue weighted by Gasteiger charge is 2.59. The van der Waals surface area contributed by atoms with Gasteiger partial charge in [0.15, 0.2) is 0 Å². The van der Waals surface area contributed by atoms with Crippen LogP contribution in [0.1, 0.15) is 330 Å². The van der Waals surface area contributed by atoms with Gasteiger partial charge in [-0.05, 0) is 407 Å². The second-order valence-corrected chi connectivity index (χ2v) is 45.2. The van der Waals surface area contributed by atoms with Crippen LogP contribution < -0.4 is 0 Å². The molecule has 18 aliphatic carbocycles. The summed E-state index contributed by atoms with van der Waals surface area (Å²) in [6.07, 6.45) is 53.6. The van der Waals surface area contributed by atoms with Gasteiger partial charge in [-0.15, -0.1) is 0 Å². The normalized spacial score (nSPS) is 36.9. The summed E-state index contributed by atoms with van der Waals surface area (Å²) in [4.78, 5) is 0. The third kappa shape index (κ3) is 19.9. The highest BCUT2D eigenvalue weighted by atomic mass is 16.5. The van der Waals surface area contributed by atoms with Crippen LogP contribution in [0.15, 0.2) is 133 Å².